The molecule has 0 aliphatic rings. The number of aliphatic hydroxyl groups excluding tert-OH is 1. The maximum atomic E-state index is 9.38. The summed E-state index contributed by atoms with van der Waals surface area (Å²) in [5.74, 6) is -0.373. The van der Waals surface area contributed by atoms with Gasteiger partial charge in [-0.1, -0.05) is 13.8 Å². The Morgan fingerprint density at radius 3 is 2.20 bits per heavy atom. The molecule has 0 bridgehead atoms. The fraction of sp³-hybridized carbons (Fsp3) is 1.00. The molecule has 62 valence electrons. The SMILES string of the molecule is CCC(O)(NO)C(C)CO. The number of nitrogens with one attached hydrogen (secondary N) is 1. The van der Waals surface area contributed by atoms with E-state index >= 15 is 0 Å². The lowest BCUT2D eigenvalue weighted by Gasteiger charge is -2.29. The van der Waals surface area contributed by atoms with Gasteiger partial charge in [-0.15, -0.1) is 0 Å². The average Bonchev–Trinajstić information content (AvgIpc) is 2.01. The van der Waals surface area contributed by atoms with E-state index in [-0.39, 0.29) is 12.5 Å². The minimum absolute atomic E-state index is 0.155. The number of hydrogen-bond donors (Lipinski definition) is 4. The molecule has 0 aliphatic heterocycles. The number of rotatable bonds is 4. The van der Waals surface area contributed by atoms with E-state index in [9.17, 15) is 5.11 Å². The smallest absolute Gasteiger partial charge is 0.142 e. The molecule has 10 heavy (non-hydrogen) atoms. The van der Waals surface area contributed by atoms with Crippen molar-refractivity contribution in [2.45, 2.75) is 26.0 Å². The molecule has 0 fully saturated rings. The molecule has 2 atom stereocenters. The minimum Gasteiger partial charge on any atom is -0.396 e. The predicted octanol–water partition coefficient (Wildman–Crippen LogP) is -0.308. The van der Waals surface area contributed by atoms with Crippen molar-refractivity contribution in [3.05, 3.63) is 0 Å². The molecule has 0 amide bonds. The van der Waals surface area contributed by atoms with E-state index in [1.165, 1.54) is 0 Å². The van der Waals surface area contributed by atoms with Crippen LogP contribution in [0.4, 0.5) is 0 Å². The summed E-state index contributed by atoms with van der Waals surface area (Å²) in [5, 5.41) is 26.5. The van der Waals surface area contributed by atoms with Gasteiger partial charge in [0.2, 0.25) is 0 Å². The van der Waals surface area contributed by atoms with Gasteiger partial charge >= 0.3 is 0 Å². The summed E-state index contributed by atoms with van der Waals surface area (Å²) < 4.78 is 0. The largest absolute Gasteiger partial charge is 0.396 e. The van der Waals surface area contributed by atoms with Gasteiger partial charge < -0.3 is 15.4 Å². The van der Waals surface area contributed by atoms with E-state index in [2.05, 4.69) is 0 Å². The fourth-order valence-electron chi connectivity index (χ4n) is 0.689. The number of hydroxylamine groups is 1. The molecule has 0 saturated heterocycles. The summed E-state index contributed by atoms with van der Waals surface area (Å²) in [6, 6.07) is 0. The molecule has 0 radical (unpaired) electrons. The van der Waals surface area contributed by atoms with Gasteiger partial charge in [0.1, 0.15) is 5.72 Å². The normalized spacial score (nSPS) is 20.1. The Kier molecular flexibility index (Phi) is 3.81. The van der Waals surface area contributed by atoms with E-state index in [0.717, 1.165) is 0 Å². The summed E-state index contributed by atoms with van der Waals surface area (Å²) in [4.78, 5) is 0. The summed E-state index contributed by atoms with van der Waals surface area (Å²) >= 11 is 0. The van der Waals surface area contributed by atoms with E-state index in [0.29, 0.717) is 6.42 Å². The van der Waals surface area contributed by atoms with Crippen LogP contribution in [0.15, 0.2) is 0 Å². The van der Waals surface area contributed by atoms with Crippen LogP contribution in [-0.2, 0) is 0 Å². The molecule has 0 aromatic rings. The Hall–Kier alpha value is -0.160. The first-order valence-corrected chi connectivity index (χ1v) is 3.35. The Morgan fingerprint density at radius 1 is 1.60 bits per heavy atom. The van der Waals surface area contributed by atoms with Crippen LogP contribution in [0.2, 0.25) is 0 Å². The van der Waals surface area contributed by atoms with Gasteiger partial charge in [-0.25, -0.2) is 0 Å². The van der Waals surface area contributed by atoms with Crippen LogP contribution in [-0.4, -0.2) is 27.8 Å². The highest BCUT2D eigenvalue weighted by Gasteiger charge is 2.30. The topological polar surface area (TPSA) is 72.7 Å². The Balaban J connectivity index is 4.02. The zero-order chi connectivity index (χ0) is 8.20. The monoisotopic (exact) mass is 149 g/mol. The van der Waals surface area contributed by atoms with E-state index in [4.69, 9.17) is 10.3 Å². The minimum atomic E-state index is -1.35. The third-order valence-electron chi connectivity index (χ3n) is 1.82. The zero-order valence-corrected chi connectivity index (χ0v) is 6.33. The molecule has 4 nitrogen and oxygen atoms in total. The first-order chi connectivity index (χ1) is 4.60. The molecule has 0 saturated carbocycles. The second kappa shape index (κ2) is 3.88. The molecule has 0 aromatic heterocycles. The third kappa shape index (κ3) is 1.91. The molecule has 2 unspecified atom stereocenters. The van der Waals surface area contributed by atoms with Crippen molar-refractivity contribution in [2.75, 3.05) is 6.61 Å². The lowest BCUT2D eigenvalue weighted by Crippen LogP contribution is -2.49. The van der Waals surface area contributed by atoms with Crippen molar-refractivity contribution in [2.24, 2.45) is 5.92 Å². The molecule has 4 heteroatoms. The van der Waals surface area contributed by atoms with E-state index in [1.807, 2.05) is 0 Å². The van der Waals surface area contributed by atoms with E-state index < -0.39 is 5.72 Å². The maximum Gasteiger partial charge on any atom is 0.142 e. The molecule has 0 heterocycles. The zero-order valence-electron chi connectivity index (χ0n) is 6.33. The molecule has 0 spiro atoms. The summed E-state index contributed by atoms with van der Waals surface area (Å²) in [6.45, 7) is 3.21. The van der Waals surface area contributed by atoms with E-state index in [1.54, 1.807) is 19.3 Å². The first-order valence-electron chi connectivity index (χ1n) is 3.35. The van der Waals surface area contributed by atoms with Gasteiger partial charge in [-0.3, -0.25) is 0 Å². The van der Waals surface area contributed by atoms with Crippen molar-refractivity contribution in [1.29, 1.82) is 0 Å². The van der Waals surface area contributed by atoms with Crippen molar-refractivity contribution < 1.29 is 15.4 Å². The second-order valence-corrected chi connectivity index (χ2v) is 2.47. The summed E-state index contributed by atoms with van der Waals surface area (Å²) in [6.07, 6.45) is 0.352. The van der Waals surface area contributed by atoms with Gasteiger partial charge in [0, 0.05) is 12.5 Å². The van der Waals surface area contributed by atoms with Gasteiger partial charge in [0.05, 0.1) is 0 Å². The van der Waals surface area contributed by atoms with Crippen molar-refractivity contribution in [3.63, 3.8) is 0 Å². The van der Waals surface area contributed by atoms with Crippen LogP contribution < -0.4 is 5.48 Å². The summed E-state index contributed by atoms with van der Waals surface area (Å²) in [7, 11) is 0. The highest BCUT2D eigenvalue weighted by molar-refractivity contribution is 4.75. The lowest BCUT2D eigenvalue weighted by molar-refractivity contribution is -0.138. The predicted molar refractivity (Wildman–Crippen MR) is 36.4 cm³/mol. The van der Waals surface area contributed by atoms with Crippen molar-refractivity contribution in [1.82, 2.24) is 5.48 Å². The van der Waals surface area contributed by atoms with Crippen LogP contribution in [0.25, 0.3) is 0 Å². The molecular weight excluding hydrogens is 134 g/mol. The lowest BCUT2D eigenvalue weighted by atomic mass is 9.97. The van der Waals surface area contributed by atoms with Crippen molar-refractivity contribution >= 4 is 0 Å². The molecule has 0 aliphatic carbocycles. The van der Waals surface area contributed by atoms with Gasteiger partial charge in [-0.2, -0.15) is 5.48 Å². The van der Waals surface area contributed by atoms with Gasteiger partial charge in [0.15, 0.2) is 0 Å². The van der Waals surface area contributed by atoms with Crippen molar-refractivity contribution in [3.8, 4) is 0 Å². The van der Waals surface area contributed by atoms with Crippen LogP contribution in [0, 0.1) is 5.92 Å². The maximum absolute atomic E-state index is 9.38. The second-order valence-electron chi connectivity index (χ2n) is 2.47. The molecule has 0 aromatic carbocycles. The Morgan fingerprint density at radius 2 is 2.10 bits per heavy atom. The first kappa shape index (κ1) is 9.84. The molecule has 4 N–H and O–H groups in total. The van der Waals surface area contributed by atoms with Crippen LogP contribution in [0.5, 0.6) is 0 Å². The van der Waals surface area contributed by atoms with Crippen LogP contribution in [0.3, 0.4) is 0 Å². The highest BCUT2D eigenvalue weighted by atomic mass is 16.5. The Labute approximate surface area is 60.5 Å². The molecular formula is C6H15NO3. The quantitative estimate of drug-likeness (QED) is 0.327. The standard InChI is InChI=1S/C6H15NO3/c1-3-6(9,7-10)5(2)4-8/h5,7-10H,3-4H2,1-2H3. The number of hydrogen-bond acceptors (Lipinski definition) is 4. The average molecular weight is 149 g/mol. The fourth-order valence-corrected chi connectivity index (χ4v) is 0.689. The van der Waals surface area contributed by atoms with Gasteiger partial charge in [0.25, 0.3) is 0 Å². The number of aliphatic hydroxyl groups is 2. The molecule has 0 rings (SSSR count). The Bertz CT molecular complexity index is 93.0. The van der Waals surface area contributed by atoms with Crippen LogP contribution >= 0.6 is 0 Å². The van der Waals surface area contributed by atoms with Crippen LogP contribution in [0.1, 0.15) is 20.3 Å². The highest BCUT2D eigenvalue weighted by Crippen LogP contribution is 2.16. The summed E-state index contributed by atoms with van der Waals surface area (Å²) in [5.41, 5.74) is 0.422. The van der Waals surface area contributed by atoms with Gasteiger partial charge in [-0.05, 0) is 6.42 Å². The third-order valence-corrected chi connectivity index (χ3v) is 1.82.